The van der Waals surface area contributed by atoms with Crippen LogP contribution in [0, 0.1) is 0 Å². The molecule has 1 saturated heterocycles. The number of morpholine rings is 1. The molecule has 1 fully saturated rings. The van der Waals surface area contributed by atoms with Crippen molar-refractivity contribution in [1.29, 1.82) is 0 Å². The minimum Gasteiger partial charge on any atom is -0.478 e. The van der Waals surface area contributed by atoms with Crippen LogP contribution >= 0.6 is 0 Å². The number of aromatic carboxylic acids is 1. The number of ether oxygens (including phenoxy) is 1. The molecule has 0 unspecified atom stereocenters. The second kappa shape index (κ2) is 6.97. The quantitative estimate of drug-likeness (QED) is 0.778. The normalized spacial score (nSPS) is 15.8. The summed E-state index contributed by atoms with van der Waals surface area (Å²) in [6, 6.07) is 2.86. The Kier molecular flexibility index (Phi) is 5.03. The van der Waals surface area contributed by atoms with Gasteiger partial charge in [-0.3, -0.25) is 14.7 Å². The Morgan fingerprint density at radius 2 is 2.15 bits per heavy atom. The molecule has 1 aromatic rings. The Balaban J connectivity index is 1.87. The smallest absolute Gasteiger partial charge is 0.338 e. The highest BCUT2D eigenvalue weighted by Gasteiger charge is 2.17. The summed E-state index contributed by atoms with van der Waals surface area (Å²) in [6.07, 6.45) is 1.41. The van der Waals surface area contributed by atoms with Crippen molar-refractivity contribution in [3.63, 3.8) is 0 Å². The van der Waals surface area contributed by atoms with Crippen molar-refractivity contribution in [2.75, 3.05) is 39.4 Å². The largest absolute Gasteiger partial charge is 0.478 e. The fourth-order valence-corrected chi connectivity index (χ4v) is 1.99. The van der Waals surface area contributed by atoms with Crippen LogP contribution in [0.3, 0.4) is 0 Å². The molecule has 0 saturated carbocycles. The second-order valence-electron chi connectivity index (χ2n) is 4.41. The van der Waals surface area contributed by atoms with Crippen molar-refractivity contribution in [3.8, 4) is 0 Å². The third kappa shape index (κ3) is 3.75. The van der Waals surface area contributed by atoms with Gasteiger partial charge in [-0.2, -0.15) is 0 Å². The number of carboxylic acids is 1. The molecule has 0 radical (unpaired) electrons. The van der Waals surface area contributed by atoms with E-state index in [1.165, 1.54) is 18.3 Å². The van der Waals surface area contributed by atoms with Gasteiger partial charge >= 0.3 is 5.97 Å². The van der Waals surface area contributed by atoms with E-state index in [0.29, 0.717) is 26.3 Å². The lowest BCUT2D eigenvalue weighted by molar-refractivity contribution is 0.0383. The summed E-state index contributed by atoms with van der Waals surface area (Å²) in [5, 5.41) is 11.7. The average Bonchev–Trinajstić information content (AvgIpc) is 2.48. The van der Waals surface area contributed by atoms with Gasteiger partial charge in [0.25, 0.3) is 5.91 Å². The van der Waals surface area contributed by atoms with Gasteiger partial charge in [0, 0.05) is 32.4 Å². The summed E-state index contributed by atoms with van der Waals surface area (Å²) in [5.74, 6) is -1.62. The van der Waals surface area contributed by atoms with Gasteiger partial charge in [0.15, 0.2) is 0 Å². The van der Waals surface area contributed by atoms with Gasteiger partial charge in [0.1, 0.15) is 5.69 Å². The van der Waals surface area contributed by atoms with Crippen molar-refractivity contribution in [2.24, 2.45) is 0 Å². The first-order valence-corrected chi connectivity index (χ1v) is 6.45. The highest BCUT2D eigenvalue weighted by molar-refractivity contribution is 6.03. The molecule has 2 rings (SSSR count). The molecule has 7 heteroatoms. The van der Waals surface area contributed by atoms with Gasteiger partial charge in [-0.1, -0.05) is 0 Å². The summed E-state index contributed by atoms with van der Waals surface area (Å²) >= 11 is 0. The molecule has 1 aliphatic heterocycles. The Labute approximate surface area is 116 Å². The number of pyridine rings is 1. The first kappa shape index (κ1) is 14.4. The standard InChI is InChI=1S/C13H17N3O4/c17-12(11-10(13(18)19)2-1-3-14-11)15-4-5-16-6-8-20-9-7-16/h1-3H,4-9H2,(H,15,17)(H,18,19). The first-order valence-electron chi connectivity index (χ1n) is 6.45. The van der Waals surface area contributed by atoms with E-state index in [0.717, 1.165) is 13.1 Å². The lowest BCUT2D eigenvalue weighted by atomic mass is 10.2. The van der Waals surface area contributed by atoms with E-state index in [2.05, 4.69) is 15.2 Å². The fraction of sp³-hybridized carbons (Fsp3) is 0.462. The van der Waals surface area contributed by atoms with Crippen LogP contribution in [0.1, 0.15) is 20.8 Å². The zero-order chi connectivity index (χ0) is 14.4. The predicted octanol–water partition coefficient (Wildman–Crippen LogP) is -0.158. The van der Waals surface area contributed by atoms with Crippen LogP contribution in [0.4, 0.5) is 0 Å². The summed E-state index contributed by atoms with van der Waals surface area (Å²) < 4.78 is 5.23. The van der Waals surface area contributed by atoms with Gasteiger partial charge in [-0.25, -0.2) is 4.79 Å². The van der Waals surface area contributed by atoms with E-state index in [4.69, 9.17) is 9.84 Å². The number of carbonyl (C=O) groups excluding carboxylic acids is 1. The predicted molar refractivity (Wildman–Crippen MR) is 70.8 cm³/mol. The van der Waals surface area contributed by atoms with Gasteiger partial charge in [-0.05, 0) is 12.1 Å². The lowest BCUT2D eigenvalue weighted by Gasteiger charge is -2.26. The zero-order valence-corrected chi connectivity index (χ0v) is 11.0. The maximum absolute atomic E-state index is 11.9. The molecule has 2 heterocycles. The SMILES string of the molecule is O=C(O)c1cccnc1C(=O)NCCN1CCOCC1. The van der Waals surface area contributed by atoms with E-state index < -0.39 is 11.9 Å². The third-order valence-corrected chi connectivity index (χ3v) is 3.07. The number of hydrogen-bond acceptors (Lipinski definition) is 5. The van der Waals surface area contributed by atoms with E-state index in [-0.39, 0.29) is 11.3 Å². The molecule has 1 aromatic heterocycles. The number of nitrogens with zero attached hydrogens (tertiary/aromatic N) is 2. The van der Waals surface area contributed by atoms with E-state index in [9.17, 15) is 9.59 Å². The van der Waals surface area contributed by atoms with Gasteiger partial charge in [0.05, 0.1) is 18.8 Å². The maximum atomic E-state index is 11.9. The molecule has 0 aliphatic carbocycles. The number of amides is 1. The molecule has 1 amide bonds. The Morgan fingerprint density at radius 3 is 2.85 bits per heavy atom. The molecular weight excluding hydrogens is 262 g/mol. The number of carbonyl (C=O) groups is 2. The molecular formula is C13H17N3O4. The Morgan fingerprint density at radius 1 is 1.40 bits per heavy atom. The number of rotatable bonds is 5. The monoisotopic (exact) mass is 279 g/mol. The summed E-state index contributed by atoms with van der Waals surface area (Å²) in [6.45, 7) is 4.27. The number of carboxylic acid groups (broad SMARTS) is 1. The highest BCUT2D eigenvalue weighted by atomic mass is 16.5. The van der Waals surface area contributed by atoms with E-state index in [1.54, 1.807) is 0 Å². The van der Waals surface area contributed by atoms with Crippen molar-refractivity contribution >= 4 is 11.9 Å². The summed E-state index contributed by atoms with van der Waals surface area (Å²) in [5.41, 5.74) is -0.140. The first-order chi connectivity index (χ1) is 9.68. The molecule has 0 aromatic carbocycles. The molecule has 0 atom stereocenters. The average molecular weight is 279 g/mol. The zero-order valence-electron chi connectivity index (χ0n) is 11.0. The third-order valence-electron chi connectivity index (χ3n) is 3.07. The van der Waals surface area contributed by atoms with Crippen LogP contribution in [0.2, 0.25) is 0 Å². The minimum absolute atomic E-state index is 0.0537. The van der Waals surface area contributed by atoms with Crippen molar-refractivity contribution in [2.45, 2.75) is 0 Å². The molecule has 0 bridgehead atoms. The maximum Gasteiger partial charge on any atom is 0.338 e. The lowest BCUT2D eigenvalue weighted by Crippen LogP contribution is -2.41. The van der Waals surface area contributed by atoms with Gasteiger partial charge < -0.3 is 15.2 Å². The summed E-state index contributed by atoms with van der Waals surface area (Å²) in [7, 11) is 0. The molecule has 20 heavy (non-hydrogen) atoms. The van der Waals surface area contributed by atoms with Crippen LogP contribution in [-0.4, -0.2) is 66.3 Å². The number of aromatic nitrogens is 1. The van der Waals surface area contributed by atoms with Crippen LogP contribution in [-0.2, 0) is 4.74 Å². The van der Waals surface area contributed by atoms with Crippen molar-refractivity contribution in [3.05, 3.63) is 29.6 Å². The Hall–Kier alpha value is -1.99. The second-order valence-corrected chi connectivity index (χ2v) is 4.41. The van der Waals surface area contributed by atoms with Crippen LogP contribution in [0.25, 0.3) is 0 Å². The number of hydrogen-bond donors (Lipinski definition) is 2. The van der Waals surface area contributed by atoms with Crippen LogP contribution < -0.4 is 5.32 Å². The Bertz CT molecular complexity index is 486. The van der Waals surface area contributed by atoms with Crippen LogP contribution in [0.15, 0.2) is 18.3 Å². The molecule has 0 spiro atoms. The number of nitrogens with one attached hydrogen (secondary N) is 1. The molecule has 108 valence electrons. The van der Waals surface area contributed by atoms with Gasteiger partial charge in [-0.15, -0.1) is 0 Å². The molecule has 1 aliphatic rings. The molecule has 2 N–H and O–H groups in total. The molecule has 7 nitrogen and oxygen atoms in total. The highest BCUT2D eigenvalue weighted by Crippen LogP contribution is 2.05. The van der Waals surface area contributed by atoms with Crippen molar-refractivity contribution in [1.82, 2.24) is 15.2 Å². The van der Waals surface area contributed by atoms with E-state index >= 15 is 0 Å². The minimum atomic E-state index is -1.16. The van der Waals surface area contributed by atoms with Crippen molar-refractivity contribution < 1.29 is 19.4 Å². The fourth-order valence-electron chi connectivity index (χ4n) is 1.99. The van der Waals surface area contributed by atoms with Crippen LogP contribution in [0.5, 0.6) is 0 Å². The van der Waals surface area contributed by atoms with E-state index in [1.807, 2.05) is 0 Å². The summed E-state index contributed by atoms with van der Waals surface area (Å²) in [4.78, 5) is 29.0. The topological polar surface area (TPSA) is 91.8 Å². The van der Waals surface area contributed by atoms with Gasteiger partial charge in [0.2, 0.25) is 0 Å².